The number of aromatic nitrogens is 3. The number of thioether (sulfide) groups is 1. The van der Waals surface area contributed by atoms with Gasteiger partial charge >= 0.3 is 5.97 Å². The molecule has 49 heavy (non-hydrogen) atoms. The van der Waals surface area contributed by atoms with Gasteiger partial charge in [0.2, 0.25) is 0 Å². The van der Waals surface area contributed by atoms with E-state index in [0.717, 1.165) is 58.6 Å². The Hall–Kier alpha value is -4.45. The summed E-state index contributed by atoms with van der Waals surface area (Å²) in [5.41, 5.74) is 7.97. The van der Waals surface area contributed by atoms with Gasteiger partial charge in [-0.15, -0.1) is 23.1 Å². The molecule has 5 N–H and O–H groups in total. The maximum absolute atomic E-state index is 13.3. The van der Waals surface area contributed by atoms with E-state index in [1.165, 1.54) is 23.8 Å². The van der Waals surface area contributed by atoms with Crippen LogP contribution in [-0.2, 0) is 32.3 Å². The van der Waals surface area contributed by atoms with Gasteiger partial charge in [-0.1, -0.05) is 28.1 Å². The molecule has 0 radical (unpaired) electrons. The van der Waals surface area contributed by atoms with Crippen molar-refractivity contribution in [3.63, 3.8) is 0 Å². The van der Waals surface area contributed by atoms with E-state index in [1.807, 2.05) is 35.3 Å². The first-order valence-corrected chi connectivity index (χ1v) is 18.4. The fourth-order valence-electron chi connectivity index (χ4n) is 6.29. The highest BCUT2D eigenvalue weighted by molar-refractivity contribution is 8.00. The zero-order valence-corrected chi connectivity index (χ0v) is 29.3. The molecule has 0 aliphatic carbocycles. The number of carboxylic acids is 1. The first-order chi connectivity index (χ1) is 23.6. The Balaban J connectivity index is 1.05. The summed E-state index contributed by atoms with van der Waals surface area (Å²) in [5, 5.41) is 27.7. The van der Waals surface area contributed by atoms with Gasteiger partial charge in [-0.3, -0.25) is 19.9 Å². The van der Waals surface area contributed by atoms with E-state index >= 15 is 0 Å². The van der Waals surface area contributed by atoms with E-state index in [0.29, 0.717) is 23.7 Å². The van der Waals surface area contributed by atoms with E-state index in [9.17, 15) is 19.5 Å². The number of hydrogen-bond acceptors (Lipinski definition) is 11. The molecular weight excluding hydrogens is 710 g/mol. The highest BCUT2D eigenvalue weighted by Gasteiger charge is 2.55. The average molecular weight is 741 g/mol. The van der Waals surface area contributed by atoms with Crippen molar-refractivity contribution < 1.29 is 28.9 Å². The molecule has 3 aliphatic rings. The highest BCUT2D eigenvalue weighted by Crippen LogP contribution is 2.40. The second kappa shape index (κ2) is 13.5. The van der Waals surface area contributed by atoms with Gasteiger partial charge in [0.15, 0.2) is 29.8 Å². The van der Waals surface area contributed by atoms with Crippen molar-refractivity contribution in [1.29, 1.82) is 5.41 Å². The number of amidine groups is 1. The van der Waals surface area contributed by atoms with E-state index in [4.69, 9.17) is 27.6 Å². The van der Waals surface area contributed by atoms with Crippen LogP contribution in [0.4, 0.5) is 5.13 Å². The summed E-state index contributed by atoms with van der Waals surface area (Å²) >= 11 is 10.2. The number of halogens is 1. The van der Waals surface area contributed by atoms with Gasteiger partial charge in [0.25, 0.3) is 11.8 Å². The number of nitrogen functional groups attached to an aromatic ring is 1. The normalized spacial score (nSPS) is 19.3. The van der Waals surface area contributed by atoms with E-state index in [-0.39, 0.29) is 33.1 Å². The standard InChI is InChI=1S/C31H30ClN9O5S3/c1-46-37-22(21-25(32)49-31(34)36-21)27(42)35-23-28(43)41-24(30(44)45)18(15-48-29(23)41)12-38-8-5-20-16(11-38)4-9-40(20)13-19-10-17(14-47-19)26(33)39-6-2-3-7-39/h4-5,8-11,14,23,29,33H,2-3,6-7,12-13,15H2,1H3,(H3-,34,35,36,42,44,45)/p+1/b33-26?,37-22-/t23-,29-/m1/s1. The van der Waals surface area contributed by atoms with E-state index in [1.54, 1.807) is 11.3 Å². The van der Waals surface area contributed by atoms with Crippen LogP contribution in [0.5, 0.6) is 0 Å². The second-order valence-corrected chi connectivity index (χ2v) is 15.4. The van der Waals surface area contributed by atoms with E-state index in [2.05, 4.69) is 36.4 Å². The number of anilines is 1. The lowest BCUT2D eigenvalue weighted by atomic mass is 10.0. The number of nitrogens with zero attached hydrogens (tertiary/aromatic N) is 6. The van der Waals surface area contributed by atoms with E-state index < -0.39 is 29.2 Å². The molecule has 2 amide bonds. The van der Waals surface area contributed by atoms with Gasteiger partial charge in [-0.05, 0) is 25.0 Å². The number of nitrogens with one attached hydrogen (secondary N) is 2. The molecule has 0 spiro atoms. The minimum atomic E-state index is -1.22. The third-order valence-corrected chi connectivity index (χ3v) is 11.9. The highest BCUT2D eigenvalue weighted by atomic mass is 35.5. The van der Waals surface area contributed by atoms with Crippen LogP contribution in [0.2, 0.25) is 4.34 Å². The predicted octanol–water partition coefficient (Wildman–Crippen LogP) is 2.94. The van der Waals surface area contributed by atoms with Crippen molar-refractivity contribution in [3.8, 4) is 0 Å². The molecule has 2 saturated heterocycles. The van der Waals surface area contributed by atoms with Crippen LogP contribution in [-0.4, -0.2) is 91.2 Å². The fraction of sp³-hybridized carbons (Fsp3) is 0.323. The Morgan fingerprint density at radius 3 is 2.82 bits per heavy atom. The van der Waals surface area contributed by atoms with Crippen molar-refractivity contribution in [3.05, 3.63) is 73.9 Å². The van der Waals surface area contributed by atoms with Gasteiger partial charge in [0, 0.05) is 52.5 Å². The second-order valence-electron chi connectivity index (χ2n) is 11.7. The Labute approximate surface area is 297 Å². The molecule has 3 aliphatic heterocycles. The number of carbonyl (C=O) groups excluding carboxylic acids is 2. The number of hydrogen-bond donors (Lipinski definition) is 4. The number of aliphatic carboxylic acids is 1. The van der Waals surface area contributed by atoms with Crippen LogP contribution in [0.1, 0.15) is 29.0 Å². The summed E-state index contributed by atoms with van der Waals surface area (Å²) < 4.78 is 4.20. The first-order valence-electron chi connectivity index (χ1n) is 15.3. The number of likely N-dealkylation sites (tertiary alicyclic amines) is 1. The number of nitrogens with two attached hydrogens (primary N) is 1. The number of rotatable bonds is 10. The summed E-state index contributed by atoms with van der Waals surface area (Å²) in [6.07, 6.45) is 8.16. The minimum Gasteiger partial charge on any atom is -0.477 e. The Morgan fingerprint density at radius 1 is 1.31 bits per heavy atom. The minimum absolute atomic E-state index is 0.0242. The van der Waals surface area contributed by atoms with Crippen molar-refractivity contribution in [1.82, 2.24) is 24.7 Å². The number of thiophene rings is 1. The van der Waals surface area contributed by atoms with Gasteiger partial charge < -0.3 is 30.5 Å². The Bertz CT molecular complexity index is 2060. The molecule has 0 unspecified atom stereocenters. The number of fused-ring (bicyclic) bond motifs is 2. The number of thiazole rings is 1. The van der Waals surface area contributed by atoms with Crippen LogP contribution in [0.3, 0.4) is 0 Å². The molecule has 0 saturated carbocycles. The molecule has 14 nitrogen and oxygen atoms in total. The van der Waals surface area contributed by atoms with Gasteiger partial charge in [-0.2, -0.15) is 0 Å². The zero-order chi connectivity index (χ0) is 34.4. The summed E-state index contributed by atoms with van der Waals surface area (Å²) in [4.78, 5) is 52.3. The van der Waals surface area contributed by atoms with Crippen LogP contribution in [0.25, 0.3) is 10.9 Å². The predicted molar refractivity (Wildman–Crippen MR) is 188 cm³/mol. The third-order valence-electron chi connectivity index (χ3n) is 8.58. The van der Waals surface area contributed by atoms with Crippen LogP contribution < -0.4 is 15.6 Å². The molecule has 7 rings (SSSR count). The molecule has 2 atom stereocenters. The van der Waals surface area contributed by atoms with Gasteiger partial charge in [0.1, 0.15) is 40.1 Å². The van der Waals surface area contributed by atoms with Crippen molar-refractivity contribution in [2.24, 2.45) is 5.16 Å². The lowest BCUT2D eigenvalue weighted by molar-refractivity contribution is -0.687. The number of amides is 2. The Morgan fingerprint density at radius 2 is 2.10 bits per heavy atom. The lowest BCUT2D eigenvalue weighted by Gasteiger charge is -2.49. The molecule has 0 aromatic carbocycles. The monoisotopic (exact) mass is 740 g/mol. The number of carbonyl (C=O) groups is 3. The molecule has 2 fully saturated rings. The third kappa shape index (κ3) is 6.26. The zero-order valence-electron chi connectivity index (χ0n) is 26.1. The summed E-state index contributed by atoms with van der Waals surface area (Å²) in [7, 11) is 1.26. The lowest BCUT2D eigenvalue weighted by Crippen LogP contribution is -2.71. The van der Waals surface area contributed by atoms with Crippen LogP contribution >= 0.6 is 46.0 Å². The number of oxime groups is 1. The van der Waals surface area contributed by atoms with Crippen molar-refractivity contribution in [2.75, 3.05) is 31.7 Å². The summed E-state index contributed by atoms with van der Waals surface area (Å²) in [6, 6.07) is 5.13. The topological polar surface area (TPSA) is 183 Å². The van der Waals surface area contributed by atoms with Crippen LogP contribution in [0.15, 0.2) is 58.6 Å². The van der Waals surface area contributed by atoms with Gasteiger partial charge in [-0.25, -0.2) is 14.3 Å². The fourth-order valence-corrected chi connectivity index (χ4v) is 9.42. The largest absolute Gasteiger partial charge is 0.477 e. The maximum Gasteiger partial charge on any atom is 0.352 e. The molecule has 7 heterocycles. The summed E-state index contributed by atoms with van der Waals surface area (Å²) in [5.74, 6) is -1.59. The maximum atomic E-state index is 13.3. The molecule has 4 aromatic heterocycles. The first kappa shape index (κ1) is 33.1. The molecule has 18 heteroatoms. The molecule has 254 valence electrons. The molecular formula is C31H31ClN9O5S3+. The number of β-lactam (4-membered cyclic amide) rings is 1. The molecule has 4 aromatic rings. The van der Waals surface area contributed by atoms with Crippen molar-refractivity contribution >= 4 is 91.4 Å². The number of carboxylic acid groups (broad SMARTS) is 1. The summed E-state index contributed by atoms with van der Waals surface area (Å²) in [6.45, 7) is 2.83. The number of pyridine rings is 1. The van der Waals surface area contributed by atoms with Crippen molar-refractivity contribution in [2.45, 2.75) is 37.3 Å². The quantitative estimate of drug-likeness (QED) is 0.0625. The average Bonchev–Trinajstić information content (AvgIpc) is 3.90. The molecule has 0 bridgehead atoms. The smallest absolute Gasteiger partial charge is 0.352 e. The SMILES string of the molecule is CO/N=C(\C(=O)N[C@@H]1C(=O)N2C(C(=O)O)=C(C[n+]3ccc4c(ccn4Cc4cc(C(=N)N5CCCC5)cs4)c3)CS[C@H]12)c1nc(N)sc1Cl. The van der Waals surface area contributed by atoms with Crippen LogP contribution in [0, 0.1) is 5.41 Å². The Kier molecular flexibility index (Phi) is 9.08. The van der Waals surface area contributed by atoms with Gasteiger partial charge in [0.05, 0.1) is 17.4 Å².